The maximum Gasteiger partial charge on any atom is 0.343 e. The number of esters is 1. The number of carbonyl (C=O) groups excluding carboxylic acids is 1. The molecule has 26 heavy (non-hydrogen) atoms. The third-order valence-corrected chi connectivity index (χ3v) is 3.96. The number of carbonyl (C=O) groups is 1. The molecule has 128 valence electrons. The van der Waals surface area contributed by atoms with Crippen molar-refractivity contribution < 1.29 is 9.53 Å². The molecule has 0 saturated heterocycles. The van der Waals surface area contributed by atoms with E-state index >= 15 is 0 Å². The van der Waals surface area contributed by atoms with Crippen LogP contribution in [0.15, 0.2) is 52.1 Å². The zero-order valence-electron chi connectivity index (χ0n) is 13.6. The molecule has 0 bridgehead atoms. The number of ether oxygens (including phenoxy) is 1. The van der Waals surface area contributed by atoms with E-state index in [0.29, 0.717) is 5.56 Å². The first kappa shape index (κ1) is 15.7. The number of aromatic nitrogens is 4. The summed E-state index contributed by atoms with van der Waals surface area (Å²) in [6.07, 6.45) is 0. The summed E-state index contributed by atoms with van der Waals surface area (Å²) in [5, 5.41) is 9.93. The number of hydrogen-bond donors (Lipinski definition) is 2. The number of nitrogens with one attached hydrogen (secondary N) is 2. The first-order valence-electron chi connectivity index (χ1n) is 7.72. The summed E-state index contributed by atoms with van der Waals surface area (Å²) >= 11 is 0. The molecule has 0 aliphatic heterocycles. The van der Waals surface area contributed by atoms with E-state index in [9.17, 15) is 14.4 Å². The second kappa shape index (κ2) is 5.92. The van der Waals surface area contributed by atoms with Crippen molar-refractivity contribution in [1.82, 2.24) is 20.4 Å². The fourth-order valence-corrected chi connectivity index (χ4v) is 2.60. The van der Waals surface area contributed by atoms with Gasteiger partial charge in [0.25, 0.3) is 5.56 Å². The Morgan fingerprint density at radius 2 is 1.73 bits per heavy atom. The van der Waals surface area contributed by atoms with Gasteiger partial charge < -0.3 is 9.72 Å². The van der Waals surface area contributed by atoms with Crippen LogP contribution in [0.3, 0.4) is 0 Å². The molecular formula is C18H12N4O4. The second-order valence-corrected chi connectivity index (χ2v) is 5.77. The fraction of sp³-hybridized carbons (Fsp3) is 0.0556. The number of hydrogen-bond acceptors (Lipinski definition) is 6. The largest absolute Gasteiger partial charge is 0.423 e. The molecule has 0 fully saturated rings. The lowest BCUT2D eigenvalue weighted by Crippen LogP contribution is -2.08. The van der Waals surface area contributed by atoms with E-state index in [1.54, 1.807) is 24.3 Å². The van der Waals surface area contributed by atoms with Crippen LogP contribution in [0, 0.1) is 6.92 Å². The minimum Gasteiger partial charge on any atom is -0.423 e. The molecule has 0 aliphatic rings. The zero-order valence-corrected chi connectivity index (χ0v) is 13.6. The van der Waals surface area contributed by atoms with Gasteiger partial charge in [0.2, 0.25) is 5.43 Å². The van der Waals surface area contributed by atoms with Gasteiger partial charge in [-0.15, -0.1) is 0 Å². The second-order valence-electron chi connectivity index (χ2n) is 5.77. The molecule has 2 aromatic carbocycles. The zero-order chi connectivity index (χ0) is 18.3. The summed E-state index contributed by atoms with van der Waals surface area (Å²) in [4.78, 5) is 39.5. The number of H-pyrrole nitrogens is 2. The Bertz CT molecular complexity index is 1270. The minimum absolute atomic E-state index is 0.0503. The highest BCUT2D eigenvalue weighted by Crippen LogP contribution is 2.18. The van der Waals surface area contributed by atoms with Crippen molar-refractivity contribution in [3.63, 3.8) is 0 Å². The quantitative estimate of drug-likeness (QED) is 0.420. The van der Waals surface area contributed by atoms with Crippen LogP contribution in [-0.4, -0.2) is 26.4 Å². The number of aromatic amines is 2. The molecule has 4 aromatic rings. The fourth-order valence-electron chi connectivity index (χ4n) is 2.60. The topological polar surface area (TPSA) is 118 Å². The Labute approximate surface area is 145 Å². The van der Waals surface area contributed by atoms with E-state index in [1.807, 2.05) is 6.92 Å². The molecule has 2 heterocycles. The number of nitrogens with zero attached hydrogens (tertiary/aromatic N) is 2. The molecule has 8 heteroatoms. The van der Waals surface area contributed by atoms with Crippen molar-refractivity contribution in [2.75, 3.05) is 0 Å². The molecule has 0 amide bonds. The highest BCUT2D eigenvalue weighted by molar-refractivity contribution is 5.92. The van der Waals surface area contributed by atoms with Gasteiger partial charge in [-0.1, -0.05) is 17.7 Å². The number of aryl methyl sites for hydroxylation is 1. The molecule has 2 N–H and O–H groups in total. The van der Waals surface area contributed by atoms with Crippen molar-refractivity contribution in [3.8, 4) is 5.75 Å². The van der Waals surface area contributed by atoms with Gasteiger partial charge in [-0.05, 0) is 31.2 Å². The van der Waals surface area contributed by atoms with Crippen LogP contribution in [0.4, 0.5) is 0 Å². The Morgan fingerprint density at radius 1 is 1.00 bits per heavy atom. The summed E-state index contributed by atoms with van der Waals surface area (Å²) in [6, 6.07) is 11.3. The van der Waals surface area contributed by atoms with Gasteiger partial charge in [0, 0.05) is 11.5 Å². The van der Waals surface area contributed by atoms with Gasteiger partial charge >= 0.3 is 5.97 Å². The molecule has 0 saturated carbocycles. The molecular weight excluding hydrogens is 336 g/mol. The first-order chi connectivity index (χ1) is 12.5. The molecule has 0 unspecified atom stereocenters. The number of fused-ring (bicyclic) bond motifs is 2. The van der Waals surface area contributed by atoms with E-state index in [0.717, 1.165) is 5.56 Å². The van der Waals surface area contributed by atoms with E-state index in [2.05, 4.69) is 20.4 Å². The summed E-state index contributed by atoms with van der Waals surface area (Å²) < 4.78 is 5.34. The number of rotatable bonds is 2. The lowest BCUT2D eigenvalue weighted by atomic mass is 10.1. The van der Waals surface area contributed by atoms with E-state index in [4.69, 9.17) is 4.74 Å². The Kier molecular flexibility index (Phi) is 3.58. The predicted molar refractivity (Wildman–Crippen MR) is 94.4 cm³/mol. The normalized spacial score (nSPS) is 11.0. The van der Waals surface area contributed by atoms with Crippen molar-refractivity contribution in [3.05, 3.63) is 74.2 Å². The average molecular weight is 348 g/mol. The van der Waals surface area contributed by atoms with Gasteiger partial charge in [-0.3, -0.25) is 9.59 Å². The van der Waals surface area contributed by atoms with Crippen LogP contribution in [0.25, 0.3) is 21.9 Å². The third-order valence-electron chi connectivity index (χ3n) is 3.96. The Balaban J connectivity index is 1.79. The SMILES string of the molecule is Cc1ccc(C(=O)Oc2ccc3c(=O)c4n[nH]nc4c(=O)[nH]c3c2)cc1. The van der Waals surface area contributed by atoms with Gasteiger partial charge in [0.15, 0.2) is 11.0 Å². The van der Waals surface area contributed by atoms with Crippen molar-refractivity contribution in [2.45, 2.75) is 6.92 Å². The summed E-state index contributed by atoms with van der Waals surface area (Å²) in [5.74, 6) is -0.331. The summed E-state index contributed by atoms with van der Waals surface area (Å²) in [5.41, 5.74) is 0.513. The molecule has 0 aliphatic carbocycles. The standard InChI is InChI=1S/C18H12N4O4/c1-9-2-4-10(5-3-9)18(25)26-11-6-7-12-13(8-11)19-17(24)15-14(16(12)23)20-22-21-15/h2-8H,1H3,(H,19,24)(H,20,21,22). The van der Waals surface area contributed by atoms with Crippen LogP contribution in [0.1, 0.15) is 15.9 Å². The van der Waals surface area contributed by atoms with Crippen LogP contribution < -0.4 is 15.7 Å². The lowest BCUT2D eigenvalue weighted by Gasteiger charge is -2.05. The Hall–Kier alpha value is -3.81. The molecule has 2 aromatic heterocycles. The van der Waals surface area contributed by atoms with E-state index in [1.165, 1.54) is 18.2 Å². The molecule has 8 nitrogen and oxygen atoms in total. The van der Waals surface area contributed by atoms with Crippen LogP contribution >= 0.6 is 0 Å². The molecule has 4 rings (SSSR count). The van der Waals surface area contributed by atoms with Gasteiger partial charge in [-0.2, -0.15) is 15.4 Å². The third kappa shape index (κ3) is 2.63. The van der Waals surface area contributed by atoms with Crippen molar-refractivity contribution in [1.29, 1.82) is 0 Å². The predicted octanol–water partition coefficient (Wildman–Crippen LogP) is 1.69. The lowest BCUT2D eigenvalue weighted by molar-refractivity contribution is 0.0735. The van der Waals surface area contributed by atoms with E-state index < -0.39 is 17.0 Å². The van der Waals surface area contributed by atoms with Gasteiger partial charge in [0.1, 0.15) is 5.75 Å². The minimum atomic E-state index is -0.567. The van der Waals surface area contributed by atoms with Crippen molar-refractivity contribution >= 4 is 27.9 Å². The molecule has 0 spiro atoms. The highest BCUT2D eigenvalue weighted by Gasteiger charge is 2.12. The summed E-state index contributed by atoms with van der Waals surface area (Å²) in [7, 11) is 0. The molecule has 0 radical (unpaired) electrons. The van der Waals surface area contributed by atoms with Gasteiger partial charge in [0.05, 0.1) is 11.1 Å². The summed E-state index contributed by atoms with van der Waals surface area (Å²) in [6.45, 7) is 1.92. The monoisotopic (exact) mass is 348 g/mol. The maximum atomic E-state index is 12.5. The maximum absolute atomic E-state index is 12.5. The highest BCUT2D eigenvalue weighted by atomic mass is 16.5. The number of benzene rings is 2. The van der Waals surface area contributed by atoms with Crippen LogP contribution in [-0.2, 0) is 0 Å². The average Bonchev–Trinajstić information content (AvgIpc) is 3.08. The first-order valence-corrected chi connectivity index (χ1v) is 7.72. The van der Waals surface area contributed by atoms with Crippen molar-refractivity contribution in [2.24, 2.45) is 0 Å². The van der Waals surface area contributed by atoms with E-state index in [-0.39, 0.29) is 27.7 Å². The van der Waals surface area contributed by atoms with Crippen LogP contribution in [0.5, 0.6) is 5.75 Å². The smallest absolute Gasteiger partial charge is 0.343 e. The van der Waals surface area contributed by atoms with Gasteiger partial charge in [-0.25, -0.2) is 4.79 Å². The Morgan fingerprint density at radius 3 is 2.50 bits per heavy atom. The molecule has 0 atom stereocenters. The van der Waals surface area contributed by atoms with Crippen LogP contribution in [0.2, 0.25) is 0 Å².